The molecule has 0 aromatic rings. The zero-order valence-corrected chi connectivity index (χ0v) is 20.7. The number of carbonyl (C=O) groups excluding carboxylic acids is 3. The van der Waals surface area contributed by atoms with E-state index in [1.165, 1.54) is 0 Å². The summed E-state index contributed by atoms with van der Waals surface area (Å²) in [7, 11) is -3.72. The van der Waals surface area contributed by atoms with Crippen LogP contribution in [0.3, 0.4) is 0 Å². The van der Waals surface area contributed by atoms with E-state index in [2.05, 4.69) is 23.9 Å². The molecule has 2 heterocycles. The number of allylic oxidation sites excluding steroid dienone is 1. The number of sulfonamides is 1. The largest absolute Gasteiger partial charge is 0.339 e. The predicted octanol–water partition coefficient (Wildman–Crippen LogP) is 2.11. The molecule has 0 aromatic carbocycles. The Morgan fingerprint density at radius 1 is 1.09 bits per heavy atom. The average molecular weight is 480 g/mol. The molecular formula is C24H37N3O5S. The summed E-state index contributed by atoms with van der Waals surface area (Å²) in [6.45, 7) is 6.82. The minimum absolute atomic E-state index is 0.0191. The van der Waals surface area contributed by atoms with E-state index in [-0.39, 0.29) is 29.6 Å². The van der Waals surface area contributed by atoms with Crippen LogP contribution >= 0.6 is 0 Å². The van der Waals surface area contributed by atoms with Crippen LogP contribution in [-0.4, -0.2) is 54.4 Å². The second kappa shape index (κ2) is 9.04. The van der Waals surface area contributed by atoms with E-state index in [0.717, 1.165) is 19.3 Å². The van der Waals surface area contributed by atoms with Crippen LogP contribution in [0.2, 0.25) is 0 Å². The van der Waals surface area contributed by atoms with Gasteiger partial charge in [0.2, 0.25) is 21.8 Å². The van der Waals surface area contributed by atoms with Gasteiger partial charge in [-0.1, -0.05) is 32.9 Å². The smallest absolute Gasteiger partial charge is 0.259 e. The molecule has 1 saturated heterocycles. The quantitative estimate of drug-likeness (QED) is 0.602. The monoisotopic (exact) mass is 479 g/mol. The number of nitrogens with one attached hydrogen (secondary N) is 2. The fourth-order valence-electron chi connectivity index (χ4n) is 5.48. The molecule has 2 aliphatic heterocycles. The van der Waals surface area contributed by atoms with Gasteiger partial charge in [-0.15, -0.1) is 0 Å². The second-order valence-corrected chi connectivity index (χ2v) is 13.0. The Morgan fingerprint density at radius 2 is 1.82 bits per heavy atom. The standard InChI is InChI=1S/C24H37N3O5S/c1-15-6-4-5-7-18-13-24(18,23(30)26-33(31,32)19-8-9-19)25-22(29)20-11-17(3)14-27(20)21(28)12-16(2)10-15/h5,7,15-20H,4,6,8-14H2,1-3H3,(H,25,29)(H,26,30). The number of amides is 3. The summed E-state index contributed by atoms with van der Waals surface area (Å²) in [5, 5.41) is 2.37. The maximum absolute atomic E-state index is 13.4. The third kappa shape index (κ3) is 5.28. The second-order valence-electron chi connectivity index (χ2n) is 11.0. The highest BCUT2D eigenvalue weighted by Gasteiger charge is 2.61. The van der Waals surface area contributed by atoms with Gasteiger partial charge in [0.15, 0.2) is 0 Å². The number of carbonyl (C=O) groups is 3. The van der Waals surface area contributed by atoms with Crippen LogP contribution in [0.15, 0.2) is 12.2 Å². The van der Waals surface area contributed by atoms with Gasteiger partial charge >= 0.3 is 0 Å². The zero-order chi connectivity index (χ0) is 24.0. The van der Waals surface area contributed by atoms with Gasteiger partial charge in [0.05, 0.1) is 5.25 Å². The fraction of sp³-hybridized carbons (Fsp3) is 0.792. The lowest BCUT2D eigenvalue weighted by Crippen LogP contribution is -2.56. The summed E-state index contributed by atoms with van der Waals surface area (Å²) in [6.07, 6.45) is 9.18. The first-order valence-corrected chi connectivity index (χ1v) is 13.9. The van der Waals surface area contributed by atoms with Crippen molar-refractivity contribution in [3.63, 3.8) is 0 Å². The first-order valence-electron chi connectivity index (χ1n) is 12.4. The maximum atomic E-state index is 13.4. The van der Waals surface area contributed by atoms with Crippen LogP contribution in [0, 0.1) is 23.7 Å². The van der Waals surface area contributed by atoms with Crippen LogP contribution in [0.25, 0.3) is 0 Å². The highest BCUT2D eigenvalue weighted by Crippen LogP contribution is 2.46. The van der Waals surface area contributed by atoms with Crippen molar-refractivity contribution in [1.29, 1.82) is 0 Å². The molecule has 0 aromatic heterocycles. The number of rotatable bonds is 3. The lowest BCUT2D eigenvalue weighted by atomic mass is 9.91. The lowest BCUT2D eigenvalue weighted by molar-refractivity contribution is -0.140. The molecule has 3 amide bonds. The molecule has 9 heteroatoms. The molecule has 0 spiro atoms. The van der Waals surface area contributed by atoms with E-state index in [1.54, 1.807) is 4.90 Å². The normalized spacial score (nSPS) is 37.9. The van der Waals surface area contributed by atoms with Crippen LogP contribution in [0.5, 0.6) is 0 Å². The van der Waals surface area contributed by atoms with Gasteiger partial charge in [0.25, 0.3) is 5.91 Å². The number of hydrogen-bond acceptors (Lipinski definition) is 5. The third-order valence-corrected chi connectivity index (χ3v) is 9.44. The Labute approximate surface area is 197 Å². The Kier molecular flexibility index (Phi) is 6.64. The minimum atomic E-state index is -3.72. The highest BCUT2D eigenvalue weighted by atomic mass is 32.2. The van der Waals surface area contributed by atoms with Crippen LogP contribution in [-0.2, 0) is 24.4 Å². The molecule has 33 heavy (non-hydrogen) atoms. The van der Waals surface area contributed by atoms with E-state index in [4.69, 9.17) is 0 Å². The van der Waals surface area contributed by atoms with E-state index in [9.17, 15) is 22.8 Å². The molecule has 4 rings (SSSR count). The Bertz CT molecular complexity index is 944. The molecule has 4 aliphatic rings. The summed E-state index contributed by atoms with van der Waals surface area (Å²) < 4.78 is 27.0. The van der Waals surface area contributed by atoms with E-state index < -0.39 is 32.8 Å². The SMILES string of the molecule is CC1CCC=CC2CC2(C(=O)NS(=O)(=O)C2CC2)NC(=O)C2CC(C)CN2C(=O)CC(C)C1. The van der Waals surface area contributed by atoms with Crippen LogP contribution in [0.1, 0.15) is 72.1 Å². The van der Waals surface area contributed by atoms with Crippen molar-refractivity contribution < 1.29 is 22.8 Å². The van der Waals surface area contributed by atoms with Gasteiger partial charge in [-0.25, -0.2) is 8.42 Å². The van der Waals surface area contributed by atoms with Crippen molar-refractivity contribution >= 4 is 27.7 Å². The minimum Gasteiger partial charge on any atom is -0.339 e. The Hall–Kier alpha value is -1.90. The first kappa shape index (κ1) is 24.2. The van der Waals surface area contributed by atoms with E-state index in [0.29, 0.717) is 44.6 Å². The number of hydrogen-bond donors (Lipinski definition) is 2. The average Bonchev–Trinajstić information content (AvgIpc) is 3.62. The topological polar surface area (TPSA) is 113 Å². The Balaban J connectivity index is 1.58. The van der Waals surface area contributed by atoms with E-state index in [1.807, 2.05) is 19.1 Å². The number of fused-ring (bicyclic) bond motifs is 2. The van der Waals surface area contributed by atoms with Gasteiger partial charge in [-0.05, 0) is 62.7 Å². The molecule has 6 atom stereocenters. The molecule has 2 aliphatic carbocycles. The summed E-state index contributed by atoms with van der Waals surface area (Å²) >= 11 is 0. The van der Waals surface area contributed by atoms with Crippen LogP contribution in [0.4, 0.5) is 0 Å². The number of nitrogens with zero attached hydrogens (tertiary/aromatic N) is 1. The van der Waals surface area contributed by atoms with Crippen molar-refractivity contribution in [3.05, 3.63) is 12.2 Å². The first-order chi connectivity index (χ1) is 15.5. The molecule has 2 N–H and O–H groups in total. The molecule has 0 bridgehead atoms. The molecular weight excluding hydrogens is 442 g/mol. The molecule has 6 unspecified atom stereocenters. The molecule has 2 saturated carbocycles. The van der Waals surface area contributed by atoms with Crippen molar-refractivity contribution in [3.8, 4) is 0 Å². The Morgan fingerprint density at radius 3 is 2.52 bits per heavy atom. The molecule has 0 radical (unpaired) electrons. The molecule has 3 fully saturated rings. The molecule has 8 nitrogen and oxygen atoms in total. The summed E-state index contributed by atoms with van der Waals surface area (Å²) in [5.74, 6) is -0.405. The summed E-state index contributed by atoms with van der Waals surface area (Å²) in [4.78, 5) is 41.3. The van der Waals surface area contributed by atoms with Gasteiger partial charge in [0.1, 0.15) is 11.6 Å². The van der Waals surface area contributed by atoms with Crippen molar-refractivity contribution in [2.75, 3.05) is 6.54 Å². The van der Waals surface area contributed by atoms with Gasteiger partial charge < -0.3 is 10.2 Å². The van der Waals surface area contributed by atoms with E-state index >= 15 is 0 Å². The van der Waals surface area contributed by atoms with Crippen molar-refractivity contribution in [2.24, 2.45) is 23.7 Å². The van der Waals surface area contributed by atoms with Crippen LogP contribution < -0.4 is 10.0 Å². The summed E-state index contributed by atoms with van der Waals surface area (Å²) in [5.41, 5.74) is -1.27. The third-order valence-electron chi connectivity index (χ3n) is 7.62. The van der Waals surface area contributed by atoms with Crippen molar-refractivity contribution in [1.82, 2.24) is 14.9 Å². The zero-order valence-electron chi connectivity index (χ0n) is 19.9. The predicted molar refractivity (Wildman–Crippen MR) is 124 cm³/mol. The fourth-order valence-corrected chi connectivity index (χ4v) is 6.85. The van der Waals surface area contributed by atoms with Gasteiger partial charge in [-0.3, -0.25) is 19.1 Å². The highest BCUT2D eigenvalue weighted by molar-refractivity contribution is 7.91. The summed E-state index contributed by atoms with van der Waals surface area (Å²) in [6, 6.07) is -0.628. The molecule has 184 valence electrons. The maximum Gasteiger partial charge on any atom is 0.259 e. The lowest BCUT2D eigenvalue weighted by Gasteiger charge is -2.28. The van der Waals surface area contributed by atoms with Crippen molar-refractivity contribution in [2.45, 2.75) is 89.0 Å². The van der Waals surface area contributed by atoms with Gasteiger partial charge in [0, 0.05) is 18.9 Å². The van der Waals surface area contributed by atoms with Gasteiger partial charge in [-0.2, -0.15) is 0 Å².